The summed E-state index contributed by atoms with van der Waals surface area (Å²) >= 11 is 0. The van der Waals surface area contributed by atoms with Crippen molar-refractivity contribution in [1.29, 1.82) is 0 Å². The van der Waals surface area contributed by atoms with E-state index in [-0.39, 0.29) is 18.9 Å². The van der Waals surface area contributed by atoms with Crippen molar-refractivity contribution in [3.63, 3.8) is 0 Å². The lowest BCUT2D eigenvalue weighted by molar-refractivity contribution is -0.128. The fraction of sp³-hybridized carbons (Fsp3) is 0.500. The highest BCUT2D eigenvalue weighted by Gasteiger charge is 2.36. The lowest BCUT2D eigenvalue weighted by Gasteiger charge is -2.17. The average molecular weight is 311 g/mol. The van der Waals surface area contributed by atoms with Gasteiger partial charge in [-0.25, -0.2) is 13.6 Å². The number of nitrogens with two attached hydrogens (primary N) is 1. The Labute approximate surface area is 125 Å². The van der Waals surface area contributed by atoms with Crippen LogP contribution in [0.25, 0.3) is 0 Å². The van der Waals surface area contributed by atoms with Gasteiger partial charge in [0, 0.05) is 26.1 Å². The molecule has 1 saturated heterocycles. The summed E-state index contributed by atoms with van der Waals surface area (Å²) in [6.07, 6.45) is -0.0163. The maximum atomic E-state index is 11.8. The number of likely N-dealkylation sites (tertiary alicyclic amines) is 1. The Morgan fingerprint density at radius 3 is 2.29 bits per heavy atom. The molecular formula is C14H21N3O3S. The SMILES string of the molecule is CN(C)Cc1ccc(CN2CC(S(N)(=O)=O)CC2=O)cc1. The van der Waals surface area contributed by atoms with Crippen molar-refractivity contribution in [2.24, 2.45) is 5.14 Å². The highest BCUT2D eigenvalue weighted by atomic mass is 32.2. The number of nitrogens with zero attached hydrogens (tertiary/aromatic N) is 2. The second-order valence-corrected chi connectivity index (χ2v) is 7.59. The Morgan fingerprint density at radius 2 is 1.81 bits per heavy atom. The van der Waals surface area contributed by atoms with Gasteiger partial charge in [0.1, 0.15) is 5.25 Å². The van der Waals surface area contributed by atoms with Crippen LogP contribution in [0.3, 0.4) is 0 Å². The third-order valence-electron chi connectivity index (χ3n) is 3.54. The van der Waals surface area contributed by atoms with E-state index in [9.17, 15) is 13.2 Å². The van der Waals surface area contributed by atoms with Crippen LogP contribution in [-0.4, -0.2) is 50.0 Å². The number of hydrogen-bond donors (Lipinski definition) is 1. The summed E-state index contributed by atoms with van der Waals surface area (Å²) in [7, 11) is 0.359. The lowest BCUT2D eigenvalue weighted by Crippen LogP contribution is -2.31. The van der Waals surface area contributed by atoms with Gasteiger partial charge >= 0.3 is 0 Å². The van der Waals surface area contributed by atoms with E-state index in [4.69, 9.17) is 5.14 Å². The number of carbonyl (C=O) groups excluding carboxylic acids is 1. The van der Waals surface area contributed by atoms with Crippen molar-refractivity contribution in [2.75, 3.05) is 20.6 Å². The molecule has 2 rings (SSSR count). The summed E-state index contributed by atoms with van der Waals surface area (Å²) in [6.45, 7) is 1.46. The van der Waals surface area contributed by atoms with Crippen LogP contribution in [0.4, 0.5) is 0 Å². The van der Waals surface area contributed by atoms with Gasteiger partial charge in [0.05, 0.1) is 0 Å². The van der Waals surface area contributed by atoms with Crippen LogP contribution in [0.1, 0.15) is 17.5 Å². The minimum absolute atomic E-state index is 0.0163. The summed E-state index contributed by atoms with van der Waals surface area (Å²) in [5.74, 6) is -0.161. The smallest absolute Gasteiger partial charge is 0.224 e. The van der Waals surface area contributed by atoms with Crippen molar-refractivity contribution in [2.45, 2.75) is 24.8 Å². The molecule has 0 bridgehead atoms. The Bertz CT molecular complexity index is 611. The van der Waals surface area contributed by atoms with Crippen molar-refractivity contribution < 1.29 is 13.2 Å². The predicted octanol–water partition coefficient (Wildman–Crippen LogP) is 0.138. The zero-order chi connectivity index (χ0) is 15.6. The fourth-order valence-corrected chi connectivity index (χ4v) is 3.21. The Kier molecular flexibility index (Phi) is 4.65. The number of sulfonamides is 1. The second kappa shape index (κ2) is 6.13. The van der Waals surface area contributed by atoms with Gasteiger partial charge in [-0.05, 0) is 25.2 Å². The molecule has 1 atom stereocenters. The van der Waals surface area contributed by atoms with Crippen LogP contribution in [-0.2, 0) is 27.9 Å². The Morgan fingerprint density at radius 1 is 1.24 bits per heavy atom. The third-order valence-corrected chi connectivity index (χ3v) is 4.78. The van der Waals surface area contributed by atoms with Gasteiger partial charge < -0.3 is 9.80 Å². The van der Waals surface area contributed by atoms with Gasteiger partial charge in [-0.2, -0.15) is 0 Å². The summed E-state index contributed by atoms with van der Waals surface area (Å²) in [5.41, 5.74) is 2.18. The highest BCUT2D eigenvalue weighted by Crippen LogP contribution is 2.19. The molecule has 6 nitrogen and oxygen atoms in total. The molecule has 1 heterocycles. The molecule has 1 unspecified atom stereocenters. The molecule has 1 fully saturated rings. The van der Waals surface area contributed by atoms with Crippen LogP contribution in [0.15, 0.2) is 24.3 Å². The van der Waals surface area contributed by atoms with Crippen molar-refractivity contribution in [3.05, 3.63) is 35.4 Å². The molecule has 0 spiro atoms. The zero-order valence-corrected chi connectivity index (χ0v) is 13.1. The number of benzene rings is 1. The lowest BCUT2D eigenvalue weighted by atomic mass is 10.1. The van der Waals surface area contributed by atoms with Crippen molar-refractivity contribution in [3.8, 4) is 0 Å². The maximum Gasteiger partial charge on any atom is 0.224 e. The second-order valence-electron chi connectivity index (χ2n) is 5.74. The minimum atomic E-state index is -3.65. The summed E-state index contributed by atoms with van der Waals surface area (Å²) in [4.78, 5) is 15.5. The molecule has 0 radical (unpaired) electrons. The number of hydrogen-bond acceptors (Lipinski definition) is 4. The topological polar surface area (TPSA) is 83.7 Å². The summed E-state index contributed by atoms with van der Waals surface area (Å²) < 4.78 is 22.6. The van der Waals surface area contributed by atoms with E-state index < -0.39 is 15.3 Å². The first-order chi connectivity index (χ1) is 9.75. The van der Waals surface area contributed by atoms with Gasteiger partial charge in [-0.15, -0.1) is 0 Å². The quantitative estimate of drug-likeness (QED) is 0.838. The van der Waals surface area contributed by atoms with Gasteiger partial charge in [0.2, 0.25) is 15.9 Å². The Hall–Kier alpha value is -1.44. The molecule has 1 aromatic rings. The maximum absolute atomic E-state index is 11.8. The largest absolute Gasteiger partial charge is 0.337 e. The monoisotopic (exact) mass is 311 g/mol. The van der Waals surface area contributed by atoms with E-state index in [0.29, 0.717) is 6.54 Å². The first-order valence-corrected chi connectivity index (χ1v) is 8.38. The molecule has 2 N–H and O–H groups in total. The molecule has 0 aromatic heterocycles. The van der Waals surface area contributed by atoms with Crippen molar-refractivity contribution >= 4 is 15.9 Å². The Balaban J connectivity index is 2.00. The molecule has 0 aliphatic carbocycles. The van der Waals surface area contributed by atoms with Crippen LogP contribution in [0.2, 0.25) is 0 Å². The van der Waals surface area contributed by atoms with Crippen molar-refractivity contribution in [1.82, 2.24) is 9.80 Å². The normalized spacial score (nSPS) is 19.5. The molecule has 0 saturated carbocycles. The van der Waals surface area contributed by atoms with Crippen LogP contribution < -0.4 is 5.14 Å². The molecule has 1 aliphatic rings. The fourth-order valence-electron chi connectivity index (χ4n) is 2.44. The summed E-state index contributed by atoms with van der Waals surface area (Å²) in [5, 5.41) is 4.33. The molecule has 1 amide bonds. The molecule has 1 aromatic carbocycles. The average Bonchev–Trinajstić information content (AvgIpc) is 2.73. The van der Waals surface area contributed by atoms with Gasteiger partial charge in [-0.3, -0.25) is 4.79 Å². The molecule has 116 valence electrons. The highest BCUT2D eigenvalue weighted by molar-refractivity contribution is 7.89. The van der Waals surface area contributed by atoms with E-state index in [0.717, 1.165) is 12.1 Å². The van der Waals surface area contributed by atoms with Crippen LogP contribution in [0.5, 0.6) is 0 Å². The number of rotatable bonds is 5. The van der Waals surface area contributed by atoms with E-state index in [1.165, 1.54) is 5.56 Å². The molecule has 1 aliphatic heterocycles. The molecular weight excluding hydrogens is 290 g/mol. The minimum Gasteiger partial charge on any atom is -0.337 e. The van der Waals surface area contributed by atoms with Crippen LogP contribution in [0, 0.1) is 0 Å². The summed E-state index contributed by atoms with van der Waals surface area (Å²) in [6, 6.07) is 7.98. The predicted molar refractivity (Wildman–Crippen MR) is 80.8 cm³/mol. The first kappa shape index (κ1) is 15.9. The zero-order valence-electron chi connectivity index (χ0n) is 12.3. The third kappa shape index (κ3) is 4.26. The number of amides is 1. The van der Waals surface area contributed by atoms with Gasteiger partial charge in [0.15, 0.2) is 0 Å². The molecule has 21 heavy (non-hydrogen) atoms. The first-order valence-electron chi connectivity index (χ1n) is 6.77. The van der Waals surface area contributed by atoms with Gasteiger partial charge in [0.25, 0.3) is 0 Å². The van der Waals surface area contributed by atoms with Gasteiger partial charge in [-0.1, -0.05) is 24.3 Å². The number of carbonyl (C=O) groups is 1. The standard InChI is InChI=1S/C14H21N3O3S/c1-16(2)8-11-3-5-12(6-4-11)9-17-10-13(7-14(17)18)21(15,19)20/h3-6,13H,7-10H2,1-2H3,(H2,15,19,20). The van der Waals surface area contributed by atoms with E-state index in [1.807, 2.05) is 38.4 Å². The van der Waals surface area contributed by atoms with E-state index in [1.54, 1.807) is 4.90 Å². The van der Waals surface area contributed by atoms with Crippen LogP contribution >= 0.6 is 0 Å². The van der Waals surface area contributed by atoms with E-state index in [2.05, 4.69) is 4.90 Å². The molecule has 7 heteroatoms. The van der Waals surface area contributed by atoms with E-state index >= 15 is 0 Å². The number of primary sulfonamides is 1.